The second-order valence-corrected chi connectivity index (χ2v) is 8.13. The monoisotopic (exact) mass is 452 g/mol. The Morgan fingerprint density at radius 3 is 2.48 bits per heavy atom. The van der Waals surface area contributed by atoms with Crippen molar-refractivity contribution >= 4 is 26.6 Å². The maximum atomic E-state index is 12.9. The van der Waals surface area contributed by atoms with Crippen LogP contribution in [0.25, 0.3) is 16.7 Å². The van der Waals surface area contributed by atoms with Crippen molar-refractivity contribution in [2.45, 2.75) is 11.1 Å². The van der Waals surface area contributed by atoms with E-state index in [-0.39, 0.29) is 16.4 Å². The largest absolute Gasteiger partial charge is 0.494 e. The summed E-state index contributed by atoms with van der Waals surface area (Å²) in [6.07, 6.45) is -0.888. The number of hydrogen-bond acceptors (Lipinski definition) is 6. The minimum atomic E-state index is -4.59. The summed E-state index contributed by atoms with van der Waals surface area (Å²) in [7, 11) is -1.02. The van der Waals surface area contributed by atoms with Crippen molar-refractivity contribution in [2.75, 3.05) is 11.8 Å². The summed E-state index contributed by atoms with van der Waals surface area (Å²) in [4.78, 5) is 3.74. The molecule has 162 valence electrons. The van der Waals surface area contributed by atoms with Crippen LogP contribution in [-0.2, 0) is 23.2 Å². The van der Waals surface area contributed by atoms with Crippen LogP contribution >= 0.6 is 0 Å². The van der Waals surface area contributed by atoms with Gasteiger partial charge in [0.25, 0.3) is 10.0 Å². The van der Waals surface area contributed by atoms with Gasteiger partial charge in [-0.15, -0.1) is 0 Å². The molecule has 0 aliphatic heterocycles. The Kier molecular flexibility index (Phi) is 4.84. The van der Waals surface area contributed by atoms with Gasteiger partial charge in [-0.1, -0.05) is 0 Å². The van der Waals surface area contributed by atoms with E-state index in [0.29, 0.717) is 16.7 Å². The number of ether oxygens (including phenoxy) is 1. The molecule has 4 aromatic rings. The number of alkyl halides is 3. The Morgan fingerprint density at radius 1 is 1.10 bits per heavy atom. The Hall–Kier alpha value is -3.61. The van der Waals surface area contributed by atoms with Gasteiger partial charge in [0.15, 0.2) is 11.5 Å². The minimum Gasteiger partial charge on any atom is -0.494 e. The van der Waals surface area contributed by atoms with Crippen LogP contribution in [0.1, 0.15) is 5.69 Å². The molecule has 31 heavy (non-hydrogen) atoms. The number of fused-ring (bicyclic) bond motifs is 1. The van der Waals surface area contributed by atoms with Crippen LogP contribution in [0, 0.1) is 0 Å². The van der Waals surface area contributed by atoms with Gasteiger partial charge in [-0.25, -0.2) is 18.1 Å². The predicted octanol–water partition coefficient (Wildman–Crippen LogP) is 2.98. The Labute approximate surface area is 174 Å². The summed E-state index contributed by atoms with van der Waals surface area (Å²) in [5.41, 5.74) is -0.362. The van der Waals surface area contributed by atoms with E-state index in [1.165, 1.54) is 23.9 Å². The summed E-state index contributed by atoms with van der Waals surface area (Å²) >= 11 is 0. The van der Waals surface area contributed by atoms with E-state index >= 15 is 0 Å². The van der Waals surface area contributed by atoms with Crippen LogP contribution in [0.2, 0.25) is 0 Å². The van der Waals surface area contributed by atoms with E-state index in [0.717, 1.165) is 23.1 Å². The van der Waals surface area contributed by atoms with E-state index < -0.39 is 21.9 Å². The number of halogens is 3. The molecule has 0 unspecified atom stereocenters. The van der Waals surface area contributed by atoms with Crippen LogP contribution in [0.5, 0.6) is 5.75 Å². The lowest BCUT2D eigenvalue weighted by atomic mass is 10.2. The number of hydrogen-bond donors (Lipinski definition) is 1. The number of nitrogens with one attached hydrogen (secondary N) is 1. The van der Waals surface area contributed by atoms with Gasteiger partial charge in [-0.3, -0.25) is 9.40 Å². The summed E-state index contributed by atoms with van der Waals surface area (Å²) in [6, 6.07) is 6.63. The van der Waals surface area contributed by atoms with Crippen molar-refractivity contribution in [3.05, 3.63) is 54.6 Å². The van der Waals surface area contributed by atoms with Crippen molar-refractivity contribution < 1.29 is 26.3 Å². The third kappa shape index (κ3) is 3.79. The number of rotatable bonds is 5. The smallest absolute Gasteiger partial charge is 0.435 e. The molecule has 0 aliphatic carbocycles. The molecule has 3 aromatic heterocycles. The molecule has 0 atom stereocenters. The molecule has 1 N–H and O–H groups in total. The average molecular weight is 452 g/mol. The summed E-state index contributed by atoms with van der Waals surface area (Å²) in [6.45, 7) is 0. The Morgan fingerprint density at radius 2 is 1.87 bits per heavy atom. The maximum Gasteiger partial charge on any atom is 0.435 e. The second-order valence-electron chi connectivity index (χ2n) is 6.45. The van der Waals surface area contributed by atoms with Crippen LogP contribution in [0.15, 0.2) is 53.8 Å². The zero-order valence-electron chi connectivity index (χ0n) is 16.1. The van der Waals surface area contributed by atoms with Crippen molar-refractivity contribution in [3.8, 4) is 11.6 Å². The number of anilines is 1. The molecule has 1 aromatic carbocycles. The van der Waals surface area contributed by atoms with Gasteiger partial charge in [0.05, 0.1) is 18.8 Å². The number of pyridine rings is 1. The fourth-order valence-corrected chi connectivity index (χ4v) is 4.00. The van der Waals surface area contributed by atoms with Crippen LogP contribution in [0.3, 0.4) is 0 Å². The second kappa shape index (κ2) is 7.27. The lowest BCUT2D eigenvalue weighted by Gasteiger charge is -2.14. The first-order valence-electron chi connectivity index (χ1n) is 8.71. The van der Waals surface area contributed by atoms with Crippen LogP contribution in [-0.4, -0.2) is 40.1 Å². The number of nitrogens with zero attached hydrogens (tertiary/aromatic N) is 5. The zero-order valence-corrected chi connectivity index (χ0v) is 16.9. The zero-order chi connectivity index (χ0) is 22.4. The lowest BCUT2D eigenvalue weighted by molar-refractivity contribution is -0.141. The number of benzene rings is 1. The molecular weight excluding hydrogens is 437 g/mol. The van der Waals surface area contributed by atoms with Crippen molar-refractivity contribution in [1.29, 1.82) is 0 Å². The molecule has 0 bridgehead atoms. The quantitative estimate of drug-likeness (QED) is 0.499. The molecule has 0 radical (unpaired) electrons. The first kappa shape index (κ1) is 20.7. The molecular formula is C18H15F3N6O3S. The maximum absolute atomic E-state index is 12.9. The van der Waals surface area contributed by atoms with Crippen LogP contribution < -0.4 is 9.46 Å². The van der Waals surface area contributed by atoms with Gasteiger partial charge in [0.1, 0.15) is 16.3 Å². The third-order valence-electron chi connectivity index (χ3n) is 4.47. The molecule has 0 saturated carbocycles. The molecule has 3 heterocycles. The van der Waals surface area contributed by atoms with Crippen molar-refractivity contribution in [2.24, 2.45) is 7.05 Å². The standard InChI is InChI=1S/C18H15F3N6O3S/c1-26-17-11(9-23-26)3-5-13(30-2)16(17)25-31(28,29)12-4-6-15(22-10-12)27-8-7-14(24-27)18(19,20)21/h3-10,25H,1-2H3. The van der Waals surface area contributed by atoms with Gasteiger partial charge in [-0.05, 0) is 30.3 Å². The number of methoxy groups -OCH3 is 1. The highest BCUT2D eigenvalue weighted by Gasteiger charge is 2.33. The van der Waals surface area contributed by atoms with Crippen LogP contribution in [0.4, 0.5) is 18.9 Å². The number of aromatic nitrogens is 5. The van der Waals surface area contributed by atoms with Gasteiger partial charge < -0.3 is 4.74 Å². The van der Waals surface area contributed by atoms with Gasteiger partial charge >= 0.3 is 6.18 Å². The fourth-order valence-electron chi connectivity index (χ4n) is 2.98. The van der Waals surface area contributed by atoms with E-state index in [4.69, 9.17) is 4.74 Å². The molecule has 0 spiro atoms. The Balaban J connectivity index is 1.67. The van der Waals surface area contributed by atoms with Crippen molar-refractivity contribution in [3.63, 3.8) is 0 Å². The van der Waals surface area contributed by atoms with E-state index in [1.807, 2.05) is 0 Å². The highest BCUT2D eigenvalue weighted by molar-refractivity contribution is 7.92. The number of aryl methyl sites for hydroxylation is 1. The van der Waals surface area contributed by atoms with Gasteiger partial charge in [0.2, 0.25) is 0 Å². The summed E-state index contributed by atoms with van der Waals surface area (Å²) < 4.78 is 74.2. The van der Waals surface area contributed by atoms with Crippen molar-refractivity contribution in [1.82, 2.24) is 24.5 Å². The molecule has 4 rings (SSSR count). The lowest BCUT2D eigenvalue weighted by Crippen LogP contribution is -2.15. The highest BCUT2D eigenvalue weighted by atomic mass is 32.2. The topological polar surface area (TPSA) is 104 Å². The molecule has 0 saturated heterocycles. The summed E-state index contributed by atoms with van der Waals surface area (Å²) in [5, 5.41) is 8.24. The number of sulfonamides is 1. The normalized spacial score (nSPS) is 12.3. The third-order valence-corrected chi connectivity index (χ3v) is 5.80. The van der Waals surface area contributed by atoms with Gasteiger partial charge in [0, 0.05) is 24.8 Å². The van der Waals surface area contributed by atoms with E-state index in [9.17, 15) is 21.6 Å². The minimum absolute atomic E-state index is 0.0285. The predicted molar refractivity (Wildman–Crippen MR) is 104 cm³/mol. The van der Waals surface area contributed by atoms with E-state index in [2.05, 4.69) is 19.9 Å². The Bertz CT molecular complexity index is 1360. The molecule has 0 fully saturated rings. The first-order valence-corrected chi connectivity index (χ1v) is 10.2. The average Bonchev–Trinajstić information content (AvgIpc) is 3.36. The highest BCUT2D eigenvalue weighted by Crippen LogP contribution is 2.34. The molecule has 9 nitrogen and oxygen atoms in total. The molecule has 13 heteroatoms. The summed E-state index contributed by atoms with van der Waals surface area (Å²) in [5.74, 6) is 0.321. The van der Waals surface area contributed by atoms with E-state index in [1.54, 1.807) is 25.4 Å². The van der Waals surface area contributed by atoms with Gasteiger partial charge in [-0.2, -0.15) is 23.4 Å². The first-order chi connectivity index (χ1) is 14.6. The molecule has 0 aliphatic rings. The SMILES string of the molecule is COc1ccc2cnn(C)c2c1NS(=O)(=O)c1ccc(-n2ccc(C(F)(F)F)n2)nc1. The fraction of sp³-hybridized carbons (Fsp3) is 0.167. The molecule has 0 amide bonds.